The number of rotatable bonds is 3. The Bertz CT molecular complexity index is 366. The van der Waals surface area contributed by atoms with Crippen molar-refractivity contribution in [1.82, 2.24) is 4.98 Å². The van der Waals surface area contributed by atoms with Gasteiger partial charge in [0, 0.05) is 12.4 Å². The Hall–Kier alpha value is -1.97. The van der Waals surface area contributed by atoms with Crippen LogP contribution >= 0.6 is 0 Å². The lowest BCUT2D eigenvalue weighted by atomic mass is 10.1. The van der Waals surface area contributed by atoms with Crippen molar-refractivity contribution in [2.24, 2.45) is 0 Å². The van der Waals surface area contributed by atoms with Crippen molar-refractivity contribution < 1.29 is 14.7 Å². The molecular weight excluding hydrogens is 182 g/mol. The molecule has 0 bridgehead atoms. The zero-order valence-electron chi connectivity index (χ0n) is 7.60. The zero-order chi connectivity index (χ0) is 10.6. The van der Waals surface area contributed by atoms with Gasteiger partial charge in [-0.2, -0.15) is 0 Å². The third-order valence-corrected chi connectivity index (χ3v) is 1.61. The summed E-state index contributed by atoms with van der Waals surface area (Å²) in [5.74, 6) is -1.69. The Morgan fingerprint density at radius 3 is 2.64 bits per heavy atom. The van der Waals surface area contributed by atoms with Gasteiger partial charge in [0.1, 0.15) is 5.57 Å². The second-order valence-electron chi connectivity index (χ2n) is 2.71. The fourth-order valence-electron chi connectivity index (χ4n) is 0.942. The van der Waals surface area contributed by atoms with Crippen molar-refractivity contribution in [1.29, 1.82) is 0 Å². The maximum Gasteiger partial charge on any atom is 0.339 e. The molecule has 14 heavy (non-hydrogen) atoms. The molecule has 0 atom stereocenters. The van der Waals surface area contributed by atoms with Crippen LogP contribution in [0.2, 0.25) is 0 Å². The number of carboxylic acids is 1. The molecule has 0 saturated heterocycles. The number of Topliss-reactive ketones (excluding diaryl/α,β-unsaturated/α-hetero) is 1. The summed E-state index contributed by atoms with van der Waals surface area (Å²) in [4.78, 5) is 25.4. The maximum atomic E-state index is 10.9. The number of carbonyl (C=O) groups excluding carboxylic acids is 1. The van der Waals surface area contributed by atoms with E-state index in [0.29, 0.717) is 5.56 Å². The maximum absolute atomic E-state index is 10.9. The largest absolute Gasteiger partial charge is 0.478 e. The molecular formula is C10H9NO3. The van der Waals surface area contributed by atoms with E-state index >= 15 is 0 Å². The van der Waals surface area contributed by atoms with Crippen molar-refractivity contribution in [2.45, 2.75) is 6.92 Å². The van der Waals surface area contributed by atoms with Gasteiger partial charge in [-0.3, -0.25) is 9.78 Å². The molecule has 1 aromatic heterocycles. The number of pyridine rings is 1. The average Bonchev–Trinajstić information content (AvgIpc) is 2.15. The number of ketones is 1. The zero-order valence-corrected chi connectivity index (χ0v) is 7.60. The van der Waals surface area contributed by atoms with E-state index in [1.54, 1.807) is 18.3 Å². The standard InChI is InChI=1S/C10H9NO3/c1-7(12)9(10(13)14)5-8-3-2-4-11-6-8/h2-6H,1H3,(H,13,14). The van der Waals surface area contributed by atoms with E-state index in [0.717, 1.165) is 0 Å². The van der Waals surface area contributed by atoms with Crippen LogP contribution in [0, 0.1) is 0 Å². The number of carbonyl (C=O) groups is 2. The molecule has 0 saturated carbocycles. The first-order valence-corrected chi connectivity index (χ1v) is 3.97. The molecule has 4 heteroatoms. The van der Waals surface area contributed by atoms with Crippen LogP contribution in [0.4, 0.5) is 0 Å². The molecule has 0 aliphatic carbocycles. The predicted molar refractivity (Wildman–Crippen MR) is 50.5 cm³/mol. The molecule has 0 unspecified atom stereocenters. The molecule has 0 spiro atoms. The smallest absolute Gasteiger partial charge is 0.339 e. The lowest BCUT2D eigenvalue weighted by Gasteiger charge is -1.96. The molecule has 0 radical (unpaired) electrons. The van der Waals surface area contributed by atoms with E-state index in [1.165, 1.54) is 19.2 Å². The van der Waals surface area contributed by atoms with E-state index < -0.39 is 11.8 Å². The quantitative estimate of drug-likeness (QED) is 0.442. The van der Waals surface area contributed by atoms with E-state index in [2.05, 4.69) is 4.98 Å². The summed E-state index contributed by atoms with van der Waals surface area (Å²) in [7, 11) is 0. The van der Waals surface area contributed by atoms with Crippen molar-refractivity contribution in [3.63, 3.8) is 0 Å². The molecule has 0 amide bonds. The molecule has 0 fully saturated rings. The van der Waals surface area contributed by atoms with Gasteiger partial charge in [-0.05, 0) is 24.6 Å². The Kier molecular flexibility index (Phi) is 3.12. The van der Waals surface area contributed by atoms with Crippen LogP contribution < -0.4 is 0 Å². The lowest BCUT2D eigenvalue weighted by Crippen LogP contribution is -2.08. The van der Waals surface area contributed by atoms with Gasteiger partial charge >= 0.3 is 5.97 Å². The number of aliphatic carboxylic acids is 1. The number of nitrogens with zero attached hydrogens (tertiary/aromatic N) is 1. The molecule has 1 rings (SSSR count). The second kappa shape index (κ2) is 4.32. The number of aromatic nitrogens is 1. The molecule has 0 aromatic carbocycles. The van der Waals surface area contributed by atoms with E-state index in [1.807, 2.05) is 0 Å². The van der Waals surface area contributed by atoms with Gasteiger partial charge in [-0.15, -0.1) is 0 Å². The summed E-state index contributed by atoms with van der Waals surface area (Å²) in [6.07, 6.45) is 4.37. The van der Waals surface area contributed by atoms with Crippen molar-refractivity contribution in [2.75, 3.05) is 0 Å². The Morgan fingerprint density at radius 1 is 1.50 bits per heavy atom. The molecule has 1 aromatic rings. The van der Waals surface area contributed by atoms with Gasteiger partial charge in [0.15, 0.2) is 5.78 Å². The minimum absolute atomic E-state index is 0.238. The molecule has 4 nitrogen and oxygen atoms in total. The third kappa shape index (κ3) is 2.52. The summed E-state index contributed by atoms with van der Waals surface area (Å²) in [6.45, 7) is 1.22. The second-order valence-corrected chi connectivity index (χ2v) is 2.71. The summed E-state index contributed by atoms with van der Waals surface area (Å²) in [6, 6.07) is 3.35. The van der Waals surface area contributed by atoms with Crippen molar-refractivity contribution in [3.8, 4) is 0 Å². The van der Waals surface area contributed by atoms with Gasteiger partial charge in [-0.25, -0.2) is 4.79 Å². The van der Waals surface area contributed by atoms with Crippen LogP contribution in [0.15, 0.2) is 30.1 Å². The minimum Gasteiger partial charge on any atom is -0.478 e. The SMILES string of the molecule is CC(=O)C(=Cc1cccnc1)C(=O)O. The first-order valence-electron chi connectivity index (χ1n) is 3.97. The average molecular weight is 191 g/mol. The van der Waals surface area contributed by atoms with Crippen molar-refractivity contribution >= 4 is 17.8 Å². The van der Waals surface area contributed by atoms with Gasteiger partial charge in [0.2, 0.25) is 0 Å². The summed E-state index contributed by atoms with van der Waals surface area (Å²) in [5, 5.41) is 8.70. The van der Waals surface area contributed by atoms with Crippen LogP contribution in [0.25, 0.3) is 6.08 Å². The fourth-order valence-corrected chi connectivity index (χ4v) is 0.942. The highest BCUT2D eigenvalue weighted by Crippen LogP contribution is 2.06. The first-order chi connectivity index (χ1) is 6.61. The predicted octanol–water partition coefficient (Wildman–Crippen LogP) is 1.14. The molecule has 0 aliphatic heterocycles. The Balaban J connectivity index is 3.06. The van der Waals surface area contributed by atoms with E-state index in [4.69, 9.17) is 5.11 Å². The first kappa shape index (κ1) is 10.1. The highest BCUT2D eigenvalue weighted by atomic mass is 16.4. The van der Waals surface area contributed by atoms with Gasteiger partial charge in [0.25, 0.3) is 0 Å². The van der Waals surface area contributed by atoms with Gasteiger partial charge in [0.05, 0.1) is 0 Å². The highest BCUT2D eigenvalue weighted by Gasteiger charge is 2.11. The summed E-state index contributed by atoms with van der Waals surface area (Å²) in [5.41, 5.74) is 0.359. The number of hydrogen-bond donors (Lipinski definition) is 1. The van der Waals surface area contributed by atoms with Crippen LogP contribution in [0.1, 0.15) is 12.5 Å². The molecule has 1 N–H and O–H groups in total. The van der Waals surface area contributed by atoms with Crippen LogP contribution in [0.3, 0.4) is 0 Å². The topological polar surface area (TPSA) is 67.3 Å². The van der Waals surface area contributed by atoms with Crippen LogP contribution in [-0.4, -0.2) is 21.8 Å². The molecule has 72 valence electrons. The Morgan fingerprint density at radius 2 is 2.21 bits per heavy atom. The highest BCUT2D eigenvalue weighted by molar-refractivity contribution is 6.19. The third-order valence-electron chi connectivity index (χ3n) is 1.61. The number of hydrogen-bond acceptors (Lipinski definition) is 3. The fraction of sp³-hybridized carbons (Fsp3) is 0.100. The van der Waals surface area contributed by atoms with Crippen molar-refractivity contribution in [3.05, 3.63) is 35.7 Å². The normalized spacial score (nSPS) is 11.1. The van der Waals surface area contributed by atoms with Gasteiger partial charge in [-0.1, -0.05) is 6.07 Å². The van der Waals surface area contributed by atoms with E-state index in [-0.39, 0.29) is 5.57 Å². The summed E-state index contributed by atoms with van der Waals surface area (Å²) >= 11 is 0. The molecule has 0 aliphatic rings. The van der Waals surface area contributed by atoms with Crippen LogP contribution in [-0.2, 0) is 9.59 Å². The van der Waals surface area contributed by atoms with Crippen LogP contribution in [0.5, 0.6) is 0 Å². The number of carboxylic acid groups (broad SMARTS) is 1. The van der Waals surface area contributed by atoms with Gasteiger partial charge < -0.3 is 5.11 Å². The lowest BCUT2D eigenvalue weighted by molar-refractivity contribution is -0.134. The monoisotopic (exact) mass is 191 g/mol. The minimum atomic E-state index is -1.22. The Labute approximate surface area is 80.9 Å². The summed E-state index contributed by atoms with van der Waals surface area (Å²) < 4.78 is 0. The van der Waals surface area contributed by atoms with E-state index in [9.17, 15) is 9.59 Å². The molecule has 1 heterocycles.